The molecule has 0 bridgehead atoms. The highest BCUT2D eigenvalue weighted by molar-refractivity contribution is 7.10. The minimum Gasteiger partial charge on any atom is -0.490 e. The average Bonchev–Trinajstić information content (AvgIpc) is 2.04. The normalized spacial score (nSPS) is 9.77. The fourth-order valence-electron chi connectivity index (χ4n) is 0.900. The molecular weight excluding hydrogens is 190 g/mol. The molecule has 5 heteroatoms. The quantitative estimate of drug-likeness (QED) is 0.737. The van der Waals surface area contributed by atoms with E-state index in [4.69, 9.17) is 9.47 Å². The van der Waals surface area contributed by atoms with Crippen molar-refractivity contribution in [3.05, 3.63) is 15.2 Å². The van der Waals surface area contributed by atoms with E-state index in [1.807, 2.05) is 6.92 Å². The number of nitrogens with zero attached hydrogens (tertiary/aromatic N) is 1. The third-order valence-corrected chi connectivity index (χ3v) is 2.18. The van der Waals surface area contributed by atoms with Crippen molar-refractivity contribution >= 4 is 11.3 Å². The lowest BCUT2D eigenvalue weighted by atomic mass is 10.4. The van der Waals surface area contributed by atoms with Crippen molar-refractivity contribution < 1.29 is 9.47 Å². The Bertz CT molecular complexity index is 348. The first-order chi connectivity index (χ1) is 6.19. The molecule has 0 unspecified atom stereocenters. The maximum atomic E-state index is 11.3. The zero-order chi connectivity index (χ0) is 9.84. The van der Waals surface area contributed by atoms with E-state index in [0.717, 1.165) is 11.3 Å². The third-order valence-electron chi connectivity index (χ3n) is 1.42. The Morgan fingerprint density at radius 2 is 2.23 bits per heavy atom. The minimum absolute atomic E-state index is 0.154. The number of aryl methyl sites for hydroxylation is 1. The Balaban J connectivity index is 3.13. The second-order valence-electron chi connectivity index (χ2n) is 2.32. The lowest BCUT2D eigenvalue weighted by molar-refractivity contribution is 0.334. The van der Waals surface area contributed by atoms with Gasteiger partial charge in [-0.15, -0.1) is 0 Å². The highest BCUT2D eigenvalue weighted by Crippen LogP contribution is 2.17. The van der Waals surface area contributed by atoms with E-state index >= 15 is 0 Å². The Kier molecular flexibility index (Phi) is 3.25. The van der Waals surface area contributed by atoms with Gasteiger partial charge in [0.1, 0.15) is 0 Å². The van der Waals surface area contributed by atoms with Crippen LogP contribution >= 0.6 is 11.3 Å². The first-order valence-electron chi connectivity index (χ1n) is 3.87. The Hall–Kier alpha value is -1.10. The van der Waals surface area contributed by atoms with E-state index in [0.29, 0.717) is 23.2 Å². The van der Waals surface area contributed by atoms with Gasteiger partial charge >= 0.3 is 0 Å². The molecule has 0 aliphatic rings. The summed E-state index contributed by atoms with van der Waals surface area (Å²) in [7, 11) is 1.46. The second-order valence-corrected chi connectivity index (χ2v) is 3.24. The lowest BCUT2D eigenvalue weighted by Gasteiger charge is -2.04. The molecule has 72 valence electrons. The molecule has 0 atom stereocenters. The van der Waals surface area contributed by atoms with Crippen LogP contribution in [0.3, 0.4) is 0 Å². The zero-order valence-corrected chi connectivity index (χ0v) is 8.60. The van der Waals surface area contributed by atoms with Crippen LogP contribution in [0.4, 0.5) is 0 Å². The summed E-state index contributed by atoms with van der Waals surface area (Å²) in [5.74, 6) is 0.299. The lowest BCUT2D eigenvalue weighted by Crippen LogP contribution is -2.06. The van der Waals surface area contributed by atoms with Crippen LogP contribution in [0.2, 0.25) is 0 Å². The van der Waals surface area contributed by atoms with Gasteiger partial charge in [-0.25, -0.2) is 4.98 Å². The van der Waals surface area contributed by atoms with E-state index in [2.05, 4.69) is 4.98 Å². The summed E-state index contributed by atoms with van der Waals surface area (Å²) in [6.45, 7) is 4.07. The van der Waals surface area contributed by atoms with Gasteiger partial charge in [0.2, 0.25) is 0 Å². The SMILES string of the molecule is CCOc1nc(C)c(OC)c(=O)s1. The standard InChI is InChI=1S/C8H11NO3S/c1-4-12-8-9-5(2)6(11-3)7(10)13-8/h4H2,1-3H3. The van der Waals surface area contributed by atoms with Crippen molar-refractivity contribution in [3.8, 4) is 10.9 Å². The summed E-state index contributed by atoms with van der Waals surface area (Å²) in [4.78, 5) is 15.4. The Labute approximate surface area is 80.2 Å². The van der Waals surface area contributed by atoms with Crippen molar-refractivity contribution in [1.82, 2.24) is 4.98 Å². The highest BCUT2D eigenvalue weighted by Gasteiger charge is 2.08. The van der Waals surface area contributed by atoms with Crippen molar-refractivity contribution in [1.29, 1.82) is 0 Å². The summed E-state index contributed by atoms with van der Waals surface area (Å²) in [5.41, 5.74) is 0.565. The molecule has 0 aliphatic heterocycles. The molecule has 0 aliphatic carbocycles. The predicted octanol–water partition coefficient (Wildman–Crippen LogP) is 1.22. The Morgan fingerprint density at radius 1 is 1.54 bits per heavy atom. The van der Waals surface area contributed by atoms with Gasteiger partial charge in [0.05, 0.1) is 19.4 Å². The van der Waals surface area contributed by atoms with Gasteiger partial charge in [0.15, 0.2) is 5.75 Å². The van der Waals surface area contributed by atoms with Gasteiger partial charge in [-0.05, 0) is 25.2 Å². The fraction of sp³-hybridized carbons (Fsp3) is 0.500. The van der Waals surface area contributed by atoms with Crippen molar-refractivity contribution in [2.75, 3.05) is 13.7 Å². The van der Waals surface area contributed by atoms with Gasteiger partial charge in [-0.2, -0.15) is 0 Å². The van der Waals surface area contributed by atoms with Crippen LogP contribution in [0.1, 0.15) is 12.6 Å². The summed E-state index contributed by atoms with van der Waals surface area (Å²) >= 11 is 0.953. The molecule has 4 nitrogen and oxygen atoms in total. The molecule has 0 amide bonds. The predicted molar refractivity (Wildman–Crippen MR) is 50.8 cm³/mol. The summed E-state index contributed by atoms with van der Waals surface area (Å²) in [6.07, 6.45) is 0. The largest absolute Gasteiger partial charge is 0.490 e. The highest BCUT2D eigenvalue weighted by atomic mass is 32.1. The number of ether oxygens (including phenoxy) is 2. The van der Waals surface area contributed by atoms with Gasteiger partial charge in [-0.3, -0.25) is 4.79 Å². The van der Waals surface area contributed by atoms with Crippen LogP contribution in [0.5, 0.6) is 10.9 Å². The van der Waals surface area contributed by atoms with Gasteiger partial charge in [-0.1, -0.05) is 0 Å². The molecule has 0 saturated heterocycles. The van der Waals surface area contributed by atoms with Crippen LogP contribution in [-0.4, -0.2) is 18.7 Å². The monoisotopic (exact) mass is 201 g/mol. The number of rotatable bonds is 3. The van der Waals surface area contributed by atoms with Gasteiger partial charge < -0.3 is 9.47 Å². The molecule has 0 aromatic carbocycles. The molecule has 1 heterocycles. The summed E-state index contributed by atoms with van der Waals surface area (Å²) < 4.78 is 9.85. The number of hydrogen-bond acceptors (Lipinski definition) is 5. The van der Waals surface area contributed by atoms with E-state index < -0.39 is 0 Å². The molecule has 0 radical (unpaired) electrons. The van der Waals surface area contributed by atoms with Gasteiger partial charge in [0, 0.05) is 0 Å². The van der Waals surface area contributed by atoms with Crippen LogP contribution in [0.25, 0.3) is 0 Å². The number of methoxy groups -OCH3 is 1. The second kappa shape index (κ2) is 4.23. The summed E-state index contributed by atoms with van der Waals surface area (Å²) in [6, 6.07) is 0. The minimum atomic E-state index is -0.154. The van der Waals surface area contributed by atoms with E-state index in [-0.39, 0.29) is 4.74 Å². The van der Waals surface area contributed by atoms with Crippen LogP contribution in [0.15, 0.2) is 4.79 Å². The van der Waals surface area contributed by atoms with Crippen molar-refractivity contribution in [2.45, 2.75) is 13.8 Å². The Morgan fingerprint density at radius 3 is 2.69 bits per heavy atom. The maximum Gasteiger partial charge on any atom is 0.280 e. The smallest absolute Gasteiger partial charge is 0.280 e. The van der Waals surface area contributed by atoms with E-state index in [1.54, 1.807) is 6.92 Å². The average molecular weight is 201 g/mol. The van der Waals surface area contributed by atoms with Crippen LogP contribution in [0, 0.1) is 6.92 Å². The maximum absolute atomic E-state index is 11.3. The zero-order valence-electron chi connectivity index (χ0n) is 7.79. The van der Waals surface area contributed by atoms with Crippen LogP contribution in [-0.2, 0) is 0 Å². The first-order valence-corrected chi connectivity index (χ1v) is 4.69. The number of hydrogen-bond donors (Lipinski definition) is 0. The van der Waals surface area contributed by atoms with Crippen molar-refractivity contribution in [2.24, 2.45) is 0 Å². The molecule has 1 aromatic heterocycles. The third kappa shape index (κ3) is 2.18. The molecule has 0 N–H and O–H groups in total. The fourth-order valence-corrected chi connectivity index (χ4v) is 1.74. The molecule has 0 fully saturated rings. The molecule has 0 saturated carbocycles. The topological polar surface area (TPSA) is 48.4 Å². The molecule has 13 heavy (non-hydrogen) atoms. The summed E-state index contributed by atoms with van der Waals surface area (Å²) in [5, 5.41) is 0.394. The molecular formula is C8H11NO3S. The van der Waals surface area contributed by atoms with Crippen molar-refractivity contribution in [3.63, 3.8) is 0 Å². The van der Waals surface area contributed by atoms with Gasteiger partial charge in [0.25, 0.3) is 9.94 Å². The molecule has 1 rings (SSSR count). The van der Waals surface area contributed by atoms with Crippen LogP contribution < -0.4 is 14.2 Å². The first kappa shape index (κ1) is 9.98. The van der Waals surface area contributed by atoms with E-state index in [9.17, 15) is 4.79 Å². The molecule has 0 spiro atoms. The molecule has 1 aromatic rings. The van der Waals surface area contributed by atoms with E-state index in [1.165, 1.54) is 7.11 Å². The number of aromatic nitrogens is 1.